The molecule has 0 saturated carbocycles. The zero-order valence-corrected chi connectivity index (χ0v) is 16.3. The largest absolute Gasteiger partial charge is 0.495 e. The van der Waals surface area contributed by atoms with Gasteiger partial charge in [0, 0.05) is 17.0 Å². The molecule has 0 aromatic heterocycles. The topological polar surface area (TPSA) is 81.5 Å². The number of ether oxygens (including phenoxy) is 1. The number of carbonyl (C=O) groups excluding carboxylic acids is 1. The van der Waals surface area contributed by atoms with Gasteiger partial charge in [-0.1, -0.05) is 17.7 Å². The molecule has 0 aliphatic carbocycles. The van der Waals surface area contributed by atoms with Crippen LogP contribution in [0.3, 0.4) is 0 Å². The Morgan fingerprint density at radius 1 is 1.19 bits per heavy atom. The first-order valence-corrected chi connectivity index (χ1v) is 8.98. The maximum Gasteiger partial charge on any atom is 0.271 e. The van der Waals surface area contributed by atoms with Crippen LogP contribution in [0.15, 0.2) is 35.2 Å². The number of rotatable bonds is 6. The summed E-state index contributed by atoms with van der Waals surface area (Å²) in [6.07, 6.45) is 0. The van der Waals surface area contributed by atoms with Crippen molar-refractivity contribution in [1.29, 1.82) is 0 Å². The number of nitro groups is 1. The van der Waals surface area contributed by atoms with Gasteiger partial charge in [-0.15, -0.1) is 11.8 Å². The molecule has 0 fully saturated rings. The van der Waals surface area contributed by atoms with Crippen LogP contribution in [-0.4, -0.2) is 23.2 Å². The number of aryl methyl sites for hydroxylation is 3. The molecule has 1 amide bonds. The van der Waals surface area contributed by atoms with E-state index in [-0.39, 0.29) is 22.5 Å². The van der Waals surface area contributed by atoms with E-state index in [1.54, 1.807) is 0 Å². The lowest BCUT2D eigenvalue weighted by molar-refractivity contribution is -0.384. The fourth-order valence-electron chi connectivity index (χ4n) is 2.72. The number of thioether (sulfide) groups is 1. The van der Waals surface area contributed by atoms with E-state index in [2.05, 4.69) is 17.4 Å². The summed E-state index contributed by atoms with van der Waals surface area (Å²) in [4.78, 5) is 24.1. The normalized spacial score (nSPS) is 11.7. The molecule has 1 N–H and O–H groups in total. The van der Waals surface area contributed by atoms with Crippen molar-refractivity contribution in [2.45, 2.75) is 37.8 Å². The molecule has 1 atom stereocenters. The number of benzene rings is 2. The summed E-state index contributed by atoms with van der Waals surface area (Å²) >= 11 is 1.47. The Bertz CT molecular complexity index is 828. The Balaban J connectivity index is 2.20. The first-order chi connectivity index (χ1) is 12.2. The van der Waals surface area contributed by atoms with E-state index in [1.165, 1.54) is 42.6 Å². The molecule has 138 valence electrons. The van der Waals surface area contributed by atoms with Crippen LogP contribution in [-0.2, 0) is 4.79 Å². The average molecular weight is 374 g/mol. The summed E-state index contributed by atoms with van der Waals surface area (Å²) in [6, 6.07) is 8.29. The van der Waals surface area contributed by atoms with Crippen molar-refractivity contribution in [2.75, 3.05) is 12.4 Å². The second-order valence-electron chi connectivity index (χ2n) is 6.12. The lowest BCUT2D eigenvalue weighted by Crippen LogP contribution is -2.23. The number of amides is 1. The summed E-state index contributed by atoms with van der Waals surface area (Å²) in [5.41, 5.74) is 3.62. The first kappa shape index (κ1) is 19.8. The van der Waals surface area contributed by atoms with Gasteiger partial charge >= 0.3 is 0 Å². The highest BCUT2D eigenvalue weighted by molar-refractivity contribution is 8.00. The predicted octanol–water partition coefficient (Wildman–Crippen LogP) is 4.65. The Hall–Kier alpha value is -2.54. The molecule has 0 bridgehead atoms. The smallest absolute Gasteiger partial charge is 0.271 e. The van der Waals surface area contributed by atoms with Crippen LogP contribution >= 0.6 is 11.8 Å². The third-order valence-electron chi connectivity index (χ3n) is 3.92. The predicted molar refractivity (Wildman–Crippen MR) is 104 cm³/mol. The van der Waals surface area contributed by atoms with Crippen molar-refractivity contribution < 1.29 is 14.5 Å². The molecule has 2 aromatic carbocycles. The number of carbonyl (C=O) groups is 1. The summed E-state index contributed by atoms with van der Waals surface area (Å²) in [6.45, 7) is 7.90. The molecular weight excluding hydrogens is 352 g/mol. The summed E-state index contributed by atoms with van der Waals surface area (Å²) in [7, 11) is 1.45. The molecule has 0 spiro atoms. The highest BCUT2D eigenvalue weighted by Gasteiger charge is 2.20. The van der Waals surface area contributed by atoms with Crippen molar-refractivity contribution in [3.8, 4) is 5.75 Å². The van der Waals surface area contributed by atoms with Gasteiger partial charge in [-0.3, -0.25) is 14.9 Å². The van der Waals surface area contributed by atoms with Crippen molar-refractivity contribution in [1.82, 2.24) is 0 Å². The number of non-ortho nitro benzene ring substituents is 1. The van der Waals surface area contributed by atoms with Crippen molar-refractivity contribution >= 4 is 29.0 Å². The fourth-order valence-corrected chi connectivity index (χ4v) is 3.73. The van der Waals surface area contributed by atoms with Crippen LogP contribution in [0.25, 0.3) is 0 Å². The molecule has 0 heterocycles. The van der Waals surface area contributed by atoms with Crippen LogP contribution < -0.4 is 10.1 Å². The van der Waals surface area contributed by atoms with Gasteiger partial charge < -0.3 is 10.1 Å². The average Bonchev–Trinajstić information content (AvgIpc) is 2.57. The van der Waals surface area contributed by atoms with Crippen molar-refractivity contribution in [2.24, 2.45) is 0 Å². The molecule has 0 unspecified atom stereocenters. The quantitative estimate of drug-likeness (QED) is 0.452. The molecule has 7 heteroatoms. The standard InChI is InChI=1S/C19H22N2O4S/c1-11-8-12(2)18(13(3)9-11)26-14(4)19(22)20-16-10-15(21(23)24)6-7-17(16)25-5/h6-10,14H,1-5H3,(H,20,22)/t14-/m0/s1. The third-order valence-corrected chi connectivity index (χ3v) is 5.37. The number of hydrogen-bond donors (Lipinski definition) is 1. The Morgan fingerprint density at radius 3 is 2.35 bits per heavy atom. The number of nitrogens with zero attached hydrogens (tertiary/aromatic N) is 1. The van der Waals surface area contributed by atoms with Gasteiger partial charge in [-0.25, -0.2) is 0 Å². The lowest BCUT2D eigenvalue weighted by Gasteiger charge is -2.17. The lowest BCUT2D eigenvalue weighted by atomic mass is 10.1. The van der Waals surface area contributed by atoms with Crippen LogP contribution in [0.5, 0.6) is 5.75 Å². The Kier molecular flexibility index (Phi) is 6.26. The van der Waals surface area contributed by atoms with E-state index in [4.69, 9.17) is 4.74 Å². The minimum Gasteiger partial charge on any atom is -0.495 e. The van der Waals surface area contributed by atoms with E-state index >= 15 is 0 Å². The molecule has 0 aliphatic rings. The van der Waals surface area contributed by atoms with E-state index < -0.39 is 4.92 Å². The summed E-state index contributed by atoms with van der Waals surface area (Å²) in [5.74, 6) is 0.136. The third kappa shape index (κ3) is 4.54. The number of nitro benzene ring substituents is 1. The van der Waals surface area contributed by atoms with Gasteiger partial charge in [0.2, 0.25) is 5.91 Å². The second-order valence-corrected chi connectivity index (χ2v) is 7.47. The maximum absolute atomic E-state index is 12.6. The van der Waals surface area contributed by atoms with E-state index in [0.717, 1.165) is 16.0 Å². The number of methoxy groups -OCH3 is 1. The number of anilines is 1. The van der Waals surface area contributed by atoms with Crippen molar-refractivity contribution in [3.05, 3.63) is 57.1 Å². The first-order valence-electron chi connectivity index (χ1n) is 8.10. The van der Waals surface area contributed by atoms with E-state index in [1.807, 2.05) is 27.7 Å². The fraction of sp³-hybridized carbons (Fsp3) is 0.316. The molecule has 2 aromatic rings. The van der Waals surface area contributed by atoms with Gasteiger partial charge in [0.05, 0.1) is 23.0 Å². The van der Waals surface area contributed by atoms with Gasteiger partial charge in [0.1, 0.15) is 5.75 Å². The zero-order valence-electron chi connectivity index (χ0n) is 15.5. The Morgan fingerprint density at radius 2 is 1.81 bits per heavy atom. The van der Waals surface area contributed by atoms with Gasteiger partial charge in [0.15, 0.2) is 0 Å². The number of hydrogen-bond acceptors (Lipinski definition) is 5. The van der Waals surface area contributed by atoms with Crippen LogP contribution in [0, 0.1) is 30.9 Å². The highest BCUT2D eigenvalue weighted by atomic mass is 32.2. The molecule has 2 rings (SSSR count). The minimum atomic E-state index is -0.508. The molecule has 0 radical (unpaired) electrons. The Labute approximate surface area is 157 Å². The maximum atomic E-state index is 12.6. The van der Waals surface area contributed by atoms with E-state index in [9.17, 15) is 14.9 Å². The highest BCUT2D eigenvalue weighted by Crippen LogP contribution is 2.33. The minimum absolute atomic E-state index is 0.105. The van der Waals surface area contributed by atoms with E-state index in [0.29, 0.717) is 5.75 Å². The van der Waals surface area contributed by atoms with Gasteiger partial charge in [-0.2, -0.15) is 0 Å². The molecule has 6 nitrogen and oxygen atoms in total. The molecule has 26 heavy (non-hydrogen) atoms. The summed E-state index contributed by atoms with van der Waals surface area (Å²) in [5, 5.41) is 13.3. The molecule has 0 saturated heterocycles. The number of nitrogens with one attached hydrogen (secondary N) is 1. The monoisotopic (exact) mass is 374 g/mol. The van der Waals surface area contributed by atoms with Crippen molar-refractivity contribution in [3.63, 3.8) is 0 Å². The van der Waals surface area contributed by atoms with Gasteiger partial charge in [-0.05, 0) is 44.9 Å². The zero-order chi connectivity index (χ0) is 19.4. The molecular formula is C19H22N2O4S. The SMILES string of the molecule is COc1ccc([N+](=O)[O-])cc1NC(=O)[C@H](C)Sc1c(C)cc(C)cc1C. The van der Waals surface area contributed by atoms with Crippen LogP contribution in [0.2, 0.25) is 0 Å². The van der Waals surface area contributed by atoms with Gasteiger partial charge in [0.25, 0.3) is 5.69 Å². The summed E-state index contributed by atoms with van der Waals surface area (Å²) < 4.78 is 5.19. The second kappa shape index (κ2) is 8.23. The molecule has 0 aliphatic heterocycles. The van der Waals surface area contributed by atoms with Crippen LogP contribution in [0.4, 0.5) is 11.4 Å². The van der Waals surface area contributed by atoms with Crippen LogP contribution in [0.1, 0.15) is 23.6 Å².